The van der Waals surface area contributed by atoms with Gasteiger partial charge in [-0.25, -0.2) is 4.79 Å². The van der Waals surface area contributed by atoms with Gasteiger partial charge in [0, 0.05) is 6.61 Å². The molecule has 0 aromatic heterocycles. The molecule has 36 heavy (non-hydrogen) atoms. The first-order chi connectivity index (χ1) is 17.5. The van der Waals surface area contributed by atoms with Crippen LogP contribution < -0.4 is 31.3 Å². The van der Waals surface area contributed by atoms with Gasteiger partial charge in [-0.3, -0.25) is 5.41 Å². The van der Waals surface area contributed by atoms with Crippen molar-refractivity contribution in [3.63, 3.8) is 0 Å². The third-order valence-corrected chi connectivity index (χ3v) is 5.66. The van der Waals surface area contributed by atoms with E-state index in [0.29, 0.717) is 24.5 Å². The Morgan fingerprint density at radius 2 is 1.64 bits per heavy atom. The number of hydrogen-bond acceptors (Lipinski definition) is 8. The molecular weight excluding hydrogens is 462 g/mol. The van der Waals surface area contributed by atoms with Crippen LogP contribution in [-0.2, 0) is 14.4 Å². The summed E-state index contributed by atoms with van der Waals surface area (Å²) < 4.78 is 17.6. The number of carbonyl (C=O) groups excluding carboxylic acids is 1. The highest BCUT2D eigenvalue weighted by atomic mass is 16.7. The number of guanidine groups is 1. The Kier molecular flexibility index (Phi) is 7.89. The van der Waals surface area contributed by atoms with Crippen LogP contribution in [0.5, 0.6) is 17.2 Å². The van der Waals surface area contributed by atoms with Crippen LogP contribution in [0.4, 0.5) is 11.4 Å². The zero-order valence-electron chi connectivity index (χ0n) is 19.8. The maximum atomic E-state index is 12.2. The first-order valence-electron chi connectivity index (χ1n) is 11.5. The van der Waals surface area contributed by atoms with Crippen molar-refractivity contribution in [2.45, 2.75) is 19.1 Å². The summed E-state index contributed by atoms with van der Waals surface area (Å²) in [5, 5.41) is 10.4. The number of hydrogen-bond donors (Lipinski definition) is 4. The molecule has 10 heteroatoms. The van der Waals surface area contributed by atoms with Crippen LogP contribution in [0.25, 0.3) is 0 Å². The molecule has 0 aliphatic carbocycles. The zero-order valence-corrected chi connectivity index (χ0v) is 19.8. The van der Waals surface area contributed by atoms with Crippen LogP contribution in [0.3, 0.4) is 0 Å². The van der Waals surface area contributed by atoms with Gasteiger partial charge in [-0.15, -0.1) is 0 Å². The molecule has 188 valence electrons. The van der Waals surface area contributed by atoms with Crippen LogP contribution in [0.15, 0.2) is 72.8 Å². The number of rotatable bonds is 10. The van der Waals surface area contributed by atoms with Crippen molar-refractivity contribution in [3.05, 3.63) is 78.4 Å². The lowest BCUT2D eigenvalue weighted by Gasteiger charge is -2.32. The summed E-state index contributed by atoms with van der Waals surface area (Å²) in [5.41, 5.74) is 8.13. The number of ether oxygens (including phenoxy) is 3. The van der Waals surface area contributed by atoms with E-state index in [0.717, 1.165) is 22.9 Å². The van der Waals surface area contributed by atoms with Crippen molar-refractivity contribution < 1.29 is 23.8 Å². The van der Waals surface area contributed by atoms with Crippen molar-refractivity contribution in [1.82, 2.24) is 5.32 Å². The molecule has 4 rings (SSSR count). The second kappa shape index (κ2) is 11.4. The Bertz CT molecular complexity index is 1160. The van der Waals surface area contributed by atoms with E-state index in [4.69, 9.17) is 31.3 Å². The van der Waals surface area contributed by atoms with Crippen molar-refractivity contribution in [2.24, 2.45) is 11.6 Å². The topological polar surface area (TPSA) is 145 Å². The fraction of sp³-hybridized carbons (Fsp3) is 0.231. The fourth-order valence-electron chi connectivity index (χ4n) is 4.10. The molecule has 3 aromatic rings. The van der Waals surface area contributed by atoms with Crippen molar-refractivity contribution in [2.75, 3.05) is 24.7 Å². The van der Waals surface area contributed by atoms with E-state index in [-0.39, 0.29) is 12.6 Å². The number of carbonyl (C=O) groups is 1. The quantitative estimate of drug-likeness (QED) is 0.190. The maximum absolute atomic E-state index is 12.2. The molecule has 3 aromatic carbocycles. The summed E-state index contributed by atoms with van der Waals surface area (Å²) in [6.07, 6.45) is -1.09. The highest BCUT2D eigenvalue weighted by molar-refractivity contribution is 5.79. The normalized spacial score (nSPS) is 13.4. The Balaban J connectivity index is 1.46. The highest BCUT2D eigenvalue weighted by Crippen LogP contribution is 2.45. The minimum absolute atomic E-state index is 0.241. The second-order valence-corrected chi connectivity index (χ2v) is 7.96. The fourth-order valence-corrected chi connectivity index (χ4v) is 4.10. The first kappa shape index (κ1) is 24.8. The van der Waals surface area contributed by atoms with E-state index in [1.165, 1.54) is 0 Å². The summed E-state index contributed by atoms with van der Waals surface area (Å²) in [5.74, 6) is 6.22. The van der Waals surface area contributed by atoms with Gasteiger partial charge in [-0.1, -0.05) is 36.4 Å². The third kappa shape index (κ3) is 5.51. The van der Waals surface area contributed by atoms with Crippen LogP contribution >= 0.6 is 0 Å². The number of anilines is 2. The summed E-state index contributed by atoms with van der Waals surface area (Å²) in [6.45, 7) is 3.00. The number of para-hydroxylation sites is 4. The molecule has 2 unspecified atom stereocenters. The van der Waals surface area contributed by atoms with Gasteiger partial charge < -0.3 is 35.0 Å². The van der Waals surface area contributed by atoms with E-state index in [9.17, 15) is 4.79 Å². The van der Waals surface area contributed by atoms with Crippen LogP contribution in [-0.4, -0.2) is 37.8 Å². The Hall–Kier alpha value is -4.28. The number of nitrogens with zero attached hydrogens (tertiary/aromatic N) is 1. The molecule has 0 spiro atoms. The van der Waals surface area contributed by atoms with Crippen LogP contribution in [0, 0.1) is 5.41 Å². The molecule has 0 amide bonds. The van der Waals surface area contributed by atoms with E-state index < -0.39 is 18.1 Å². The molecule has 0 fully saturated rings. The predicted molar refractivity (Wildman–Crippen MR) is 135 cm³/mol. The van der Waals surface area contributed by atoms with E-state index >= 15 is 0 Å². The molecule has 0 radical (unpaired) electrons. The van der Waals surface area contributed by atoms with Gasteiger partial charge in [-0.2, -0.15) is 5.90 Å². The van der Waals surface area contributed by atoms with E-state index in [1.54, 1.807) is 31.2 Å². The molecule has 0 bridgehead atoms. The molecule has 0 saturated carbocycles. The van der Waals surface area contributed by atoms with Gasteiger partial charge in [0.1, 0.15) is 12.4 Å². The van der Waals surface area contributed by atoms with Gasteiger partial charge in [0.25, 0.3) is 0 Å². The summed E-state index contributed by atoms with van der Waals surface area (Å²) in [4.78, 5) is 18.7. The number of nitrogens with two attached hydrogens (primary N) is 2. The minimum atomic E-state index is -1.09. The zero-order chi connectivity index (χ0) is 25.5. The van der Waals surface area contributed by atoms with Gasteiger partial charge in [0.05, 0.1) is 24.0 Å². The predicted octanol–water partition coefficient (Wildman–Crippen LogP) is 3.36. The van der Waals surface area contributed by atoms with Crippen LogP contribution in [0.2, 0.25) is 0 Å². The molecule has 10 nitrogen and oxygen atoms in total. The monoisotopic (exact) mass is 491 g/mol. The molecule has 1 aliphatic rings. The molecule has 0 saturated heterocycles. The van der Waals surface area contributed by atoms with Gasteiger partial charge in [0.2, 0.25) is 0 Å². The van der Waals surface area contributed by atoms with Gasteiger partial charge >= 0.3 is 5.97 Å². The number of benzene rings is 3. The maximum Gasteiger partial charge on any atom is 0.356 e. The van der Waals surface area contributed by atoms with Crippen molar-refractivity contribution in [3.8, 4) is 17.2 Å². The SMILES string of the molecule is CCOC(C(=O)ON)C(NC(=N)N)c1ccc(OCCN2c3ccccc3Oc3ccccc32)cc1. The Labute approximate surface area is 209 Å². The van der Waals surface area contributed by atoms with Crippen LogP contribution in [0.1, 0.15) is 18.5 Å². The smallest absolute Gasteiger partial charge is 0.356 e. The number of fused-ring (bicyclic) bond motifs is 2. The summed E-state index contributed by atoms with van der Waals surface area (Å²) in [7, 11) is 0. The molecule has 6 N–H and O–H groups in total. The largest absolute Gasteiger partial charge is 0.492 e. The lowest BCUT2D eigenvalue weighted by Crippen LogP contribution is -2.45. The number of nitrogens with one attached hydrogen (secondary N) is 2. The average Bonchev–Trinajstić information content (AvgIpc) is 2.90. The van der Waals surface area contributed by atoms with E-state index in [1.807, 2.05) is 48.5 Å². The minimum Gasteiger partial charge on any atom is -0.492 e. The van der Waals surface area contributed by atoms with E-state index in [2.05, 4.69) is 15.1 Å². The molecular formula is C26H29N5O5. The van der Waals surface area contributed by atoms with Gasteiger partial charge in [-0.05, 0) is 48.9 Å². The summed E-state index contributed by atoms with van der Waals surface area (Å²) in [6, 6.07) is 22.1. The molecule has 2 atom stereocenters. The van der Waals surface area contributed by atoms with Crippen molar-refractivity contribution >= 4 is 23.3 Å². The Morgan fingerprint density at radius 3 is 2.19 bits per heavy atom. The standard InChI is InChI=1S/C26H29N5O5/c1-2-33-24(25(32)36-29)23(30-26(27)28)17-11-13-18(14-12-17)34-16-15-31-19-7-3-5-9-21(19)35-22-10-6-4-8-20(22)31/h3-14,23-24H,2,15-16,29H2,1H3,(H4,27,28,30). The molecule has 1 aliphatic heterocycles. The second-order valence-electron chi connectivity index (χ2n) is 7.96. The lowest BCUT2D eigenvalue weighted by atomic mass is 10.0. The summed E-state index contributed by atoms with van der Waals surface area (Å²) >= 11 is 0. The van der Waals surface area contributed by atoms with Gasteiger partial charge in [0.15, 0.2) is 23.6 Å². The van der Waals surface area contributed by atoms with Crippen molar-refractivity contribution in [1.29, 1.82) is 5.41 Å². The third-order valence-electron chi connectivity index (χ3n) is 5.66. The molecule has 1 heterocycles. The Morgan fingerprint density at radius 1 is 1.03 bits per heavy atom. The highest BCUT2D eigenvalue weighted by Gasteiger charge is 2.32. The lowest BCUT2D eigenvalue weighted by molar-refractivity contribution is -0.159. The first-order valence-corrected chi connectivity index (χ1v) is 11.5. The average molecular weight is 492 g/mol.